The summed E-state index contributed by atoms with van der Waals surface area (Å²) >= 11 is 1.04. The number of rotatable bonds is 8. The molecule has 0 radical (unpaired) electrons. The molecule has 1 aromatic carbocycles. The fourth-order valence-electron chi connectivity index (χ4n) is 2.23. The lowest BCUT2D eigenvalue weighted by atomic mass is 10.1. The van der Waals surface area contributed by atoms with Gasteiger partial charge in [0.05, 0.1) is 6.61 Å². The molecule has 2 aromatic rings. The molecular formula is C19H19N3O9S. The summed E-state index contributed by atoms with van der Waals surface area (Å²) in [6.45, 7) is 5.14. The molecule has 0 saturated heterocycles. The van der Waals surface area contributed by atoms with Gasteiger partial charge in [-0.2, -0.15) is 0 Å². The summed E-state index contributed by atoms with van der Waals surface area (Å²) in [5.74, 6) is -4.62. The van der Waals surface area contributed by atoms with Crippen LogP contribution in [0.2, 0.25) is 0 Å². The maximum Gasteiger partial charge on any atom is 0.357 e. The molecule has 170 valence electrons. The molecule has 1 aromatic heterocycles. The molecule has 0 saturated carbocycles. The number of nitrogens with one attached hydrogen (secondary N) is 2. The zero-order chi connectivity index (χ0) is 23.8. The third-order valence-electron chi connectivity index (χ3n) is 3.31. The van der Waals surface area contributed by atoms with Crippen LogP contribution in [0.25, 0.3) is 0 Å². The van der Waals surface area contributed by atoms with E-state index in [0.717, 1.165) is 44.2 Å². The largest absolute Gasteiger partial charge is 0.461 e. The normalized spacial score (nSPS) is 10.0. The molecule has 0 aliphatic heterocycles. The number of esters is 4. The summed E-state index contributed by atoms with van der Waals surface area (Å²) in [4.78, 5) is 62.6. The van der Waals surface area contributed by atoms with Crippen molar-refractivity contribution in [3.05, 3.63) is 28.8 Å². The number of anilines is 1. The molecule has 13 heteroatoms. The SMILES string of the molecule is CCOC(=O)c1csc(NNC(=O)c2cc(OC(C)=O)c(OC(C)=O)c(OC(C)=O)c2)n1. The minimum atomic E-state index is -0.771. The molecule has 0 aliphatic rings. The molecule has 32 heavy (non-hydrogen) atoms. The van der Waals surface area contributed by atoms with E-state index < -0.39 is 29.8 Å². The third-order valence-corrected chi connectivity index (χ3v) is 4.07. The van der Waals surface area contributed by atoms with Gasteiger partial charge in [0.1, 0.15) is 0 Å². The Morgan fingerprint density at radius 2 is 1.50 bits per heavy atom. The number of carbonyl (C=O) groups excluding carboxylic acids is 5. The monoisotopic (exact) mass is 465 g/mol. The van der Waals surface area contributed by atoms with E-state index in [1.165, 1.54) is 5.38 Å². The molecule has 0 fully saturated rings. The fourth-order valence-corrected chi connectivity index (χ4v) is 2.86. The van der Waals surface area contributed by atoms with E-state index in [0.29, 0.717) is 0 Å². The number of nitrogens with zero attached hydrogens (tertiary/aromatic N) is 1. The second-order valence-electron chi connectivity index (χ2n) is 5.92. The predicted molar refractivity (Wildman–Crippen MR) is 110 cm³/mol. The summed E-state index contributed by atoms with van der Waals surface area (Å²) in [6, 6.07) is 2.24. The Morgan fingerprint density at radius 3 is 2.00 bits per heavy atom. The molecule has 12 nitrogen and oxygen atoms in total. The Bertz CT molecular complexity index is 1030. The van der Waals surface area contributed by atoms with Gasteiger partial charge in [-0.25, -0.2) is 9.78 Å². The maximum absolute atomic E-state index is 12.6. The van der Waals surface area contributed by atoms with Gasteiger partial charge in [-0.05, 0) is 19.1 Å². The van der Waals surface area contributed by atoms with Crippen molar-refractivity contribution in [2.75, 3.05) is 12.0 Å². The summed E-state index contributed by atoms with van der Waals surface area (Å²) in [5, 5.41) is 1.64. The first-order valence-electron chi connectivity index (χ1n) is 9.03. The van der Waals surface area contributed by atoms with Crippen molar-refractivity contribution < 1.29 is 42.9 Å². The van der Waals surface area contributed by atoms with Crippen molar-refractivity contribution in [2.24, 2.45) is 0 Å². The van der Waals surface area contributed by atoms with E-state index in [2.05, 4.69) is 15.8 Å². The molecule has 0 spiro atoms. The highest BCUT2D eigenvalue weighted by Crippen LogP contribution is 2.39. The van der Waals surface area contributed by atoms with Crippen molar-refractivity contribution in [1.29, 1.82) is 0 Å². The number of aromatic nitrogens is 1. The Kier molecular flexibility index (Phi) is 8.24. The van der Waals surface area contributed by atoms with E-state index in [4.69, 9.17) is 18.9 Å². The first kappa shape index (κ1) is 24.3. The van der Waals surface area contributed by atoms with Crippen LogP contribution >= 0.6 is 11.3 Å². The highest BCUT2D eigenvalue weighted by atomic mass is 32.1. The Balaban J connectivity index is 2.29. The zero-order valence-corrected chi connectivity index (χ0v) is 18.3. The number of carbonyl (C=O) groups is 5. The van der Waals surface area contributed by atoms with E-state index >= 15 is 0 Å². The molecule has 0 unspecified atom stereocenters. The second kappa shape index (κ2) is 10.9. The van der Waals surface area contributed by atoms with Crippen molar-refractivity contribution in [3.8, 4) is 17.2 Å². The Hall–Kier alpha value is -4.00. The number of amides is 1. The second-order valence-corrected chi connectivity index (χ2v) is 6.78. The van der Waals surface area contributed by atoms with Gasteiger partial charge < -0.3 is 18.9 Å². The van der Waals surface area contributed by atoms with Gasteiger partial charge in [0.2, 0.25) is 10.9 Å². The molecule has 2 rings (SSSR count). The van der Waals surface area contributed by atoms with E-state index in [9.17, 15) is 24.0 Å². The number of hydrazine groups is 1. The van der Waals surface area contributed by atoms with Crippen LogP contribution in [0.15, 0.2) is 17.5 Å². The van der Waals surface area contributed by atoms with Crippen molar-refractivity contribution in [2.45, 2.75) is 27.7 Å². The average molecular weight is 465 g/mol. The van der Waals surface area contributed by atoms with Gasteiger partial charge in [-0.1, -0.05) is 0 Å². The first-order valence-corrected chi connectivity index (χ1v) is 9.91. The van der Waals surface area contributed by atoms with Gasteiger partial charge >= 0.3 is 23.9 Å². The van der Waals surface area contributed by atoms with Gasteiger partial charge in [0, 0.05) is 31.7 Å². The van der Waals surface area contributed by atoms with Gasteiger partial charge in [0.25, 0.3) is 5.91 Å². The fraction of sp³-hybridized carbons (Fsp3) is 0.263. The van der Waals surface area contributed by atoms with E-state index in [1.54, 1.807) is 6.92 Å². The standard InChI is InChI=1S/C19H19N3O9S/c1-5-28-18(27)13-8-32-19(20-13)22-21-17(26)12-6-14(29-9(2)23)16(31-11(4)25)15(7-12)30-10(3)24/h6-8H,5H2,1-4H3,(H,20,22)(H,21,26). The summed E-state index contributed by atoms with van der Waals surface area (Å²) < 4.78 is 19.8. The van der Waals surface area contributed by atoms with Gasteiger partial charge in [-0.3, -0.25) is 30.0 Å². The van der Waals surface area contributed by atoms with Crippen molar-refractivity contribution in [3.63, 3.8) is 0 Å². The lowest BCUT2D eigenvalue weighted by molar-refractivity contribution is -0.135. The van der Waals surface area contributed by atoms with Gasteiger partial charge in [0.15, 0.2) is 17.2 Å². The van der Waals surface area contributed by atoms with Crippen LogP contribution in [0.1, 0.15) is 48.5 Å². The summed E-state index contributed by atoms with van der Waals surface area (Å²) in [6.07, 6.45) is 0. The van der Waals surface area contributed by atoms with Crippen LogP contribution in [0, 0.1) is 0 Å². The lowest BCUT2D eigenvalue weighted by Gasteiger charge is -2.15. The maximum atomic E-state index is 12.6. The van der Waals surface area contributed by atoms with Gasteiger partial charge in [-0.15, -0.1) is 11.3 Å². The molecule has 1 amide bonds. The summed E-state index contributed by atoms with van der Waals surface area (Å²) in [7, 11) is 0. The van der Waals surface area contributed by atoms with Crippen LogP contribution in [-0.4, -0.2) is 41.4 Å². The topological polar surface area (TPSA) is 159 Å². The number of thiazole rings is 1. The molecule has 2 N–H and O–H groups in total. The minimum Gasteiger partial charge on any atom is -0.461 e. The molecular weight excluding hydrogens is 446 g/mol. The van der Waals surface area contributed by atoms with Crippen LogP contribution in [0.4, 0.5) is 5.13 Å². The predicted octanol–water partition coefficient (Wildman–Crippen LogP) is 1.85. The summed E-state index contributed by atoms with van der Waals surface area (Å²) in [5.41, 5.74) is 4.82. The van der Waals surface area contributed by atoms with Crippen molar-refractivity contribution >= 4 is 46.3 Å². The highest BCUT2D eigenvalue weighted by molar-refractivity contribution is 7.13. The molecule has 0 aliphatic carbocycles. The zero-order valence-electron chi connectivity index (χ0n) is 17.5. The van der Waals surface area contributed by atoms with Crippen LogP contribution in [0.5, 0.6) is 17.2 Å². The van der Waals surface area contributed by atoms with E-state index in [1.807, 2.05) is 0 Å². The smallest absolute Gasteiger partial charge is 0.357 e. The van der Waals surface area contributed by atoms with E-state index in [-0.39, 0.29) is 40.2 Å². The minimum absolute atomic E-state index is 0.0635. The van der Waals surface area contributed by atoms with Crippen LogP contribution in [0.3, 0.4) is 0 Å². The first-order chi connectivity index (χ1) is 15.1. The molecule has 1 heterocycles. The third kappa shape index (κ3) is 6.77. The Morgan fingerprint density at radius 1 is 0.938 bits per heavy atom. The lowest BCUT2D eigenvalue weighted by Crippen LogP contribution is -2.29. The number of hydrogen-bond acceptors (Lipinski definition) is 12. The van der Waals surface area contributed by atoms with Crippen LogP contribution < -0.4 is 25.1 Å². The molecule has 0 bridgehead atoms. The highest BCUT2D eigenvalue weighted by Gasteiger charge is 2.22. The average Bonchev–Trinajstić information content (AvgIpc) is 3.16. The number of hydrogen-bond donors (Lipinski definition) is 2. The van der Waals surface area contributed by atoms with Crippen LogP contribution in [-0.2, 0) is 19.1 Å². The Labute approximate surface area is 185 Å². The number of ether oxygens (including phenoxy) is 4. The van der Waals surface area contributed by atoms with Crippen molar-refractivity contribution in [1.82, 2.24) is 10.4 Å². The number of benzene rings is 1. The quantitative estimate of drug-likeness (QED) is 0.333. The molecule has 0 atom stereocenters.